The highest BCUT2D eigenvalue weighted by atomic mass is 16.1. The fraction of sp³-hybridized carbons (Fsp3) is 0.500. The van der Waals surface area contributed by atoms with Gasteiger partial charge < -0.3 is 16.4 Å². The van der Waals surface area contributed by atoms with Crippen molar-refractivity contribution in [2.45, 2.75) is 19.8 Å². The molecule has 0 aromatic carbocycles. The molecule has 88 valence electrons. The van der Waals surface area contributed by atoms with Gasteiger partial charge in [-0.25, -0.2) is 9.97 Å². The van der Waals surface area contributed by atoms with E-state index in [1.165, 1.54) is 12.4 Å². The summed E-state index contributed by atoms with van der Waals surface area (Å²) in [6.45, 7) is 2.92. The average Bonchev–Trinajstić information content (AvgIpc) is 2.25. The standard InChI is InChI=1S/C10H17N5O/c1-2-3-4-15(7-9(12)16)10-13-5-8(11)6-14-10/h5-6H,2-4,7,11H2,1H3,(H2,12,16). The van der Waals surface area contributed by atoms with Crippen LogP contribution in [0.3, 0.4) is 0 Å². The van der Waals surface area contributed by atoms with Crippen molar-refractivity contribution in [3.05, 3.63) is 12.4 Å². The lowest BCUT2D eigenvalue weighted by molar-refractivity contribution is -0.116. The number of hydrogen-bond acceptors (Lipinski definition) is 5. The molecular weight excluding hydrogens is 206 g/mol. The van der Waals surface area contributed by atoms with Gasteiger partial charge in [0.2, 0.25) is 11.9 Å². The summed E-state index contributed by atoms with van der Waals surface area (Å²) in [5, 5.41) is 0. The number of rotatable bonds is 6. The summed E-state index contributed by atoms with van der Waals surface area (Å²) in [6.07, 6.45) is 5.02. The Hall–Kier alpha value is -1.85. The number of nitrogen functional groups attached to an aromatic ring is 1. The van der Waals surface area contributed by atoms with Crippen molar-refractivity contribution in [3.8, 4) is 0 Å². The molecule has 1 rings (SSSR count). The Morgan fingerprint density at radius 3 is 2.56 bits per heavy atom. The van der Waals surface area contributed by atoms with E-state index in [-0.39, 0.29) is 6.54 Å². The number of nitrogens with two attached hydrogens (primary N) is 2. The summed E-state index contributed by atoms with van der Waals surface area (Å²) >= 11 is 0. The highest BCUT2D eigenvalue weighted by Gasteiger charge is 2.11. The van der Waals surface area contributed by atoms with E-state index in [1.807, 2.05) is 0 Å². The van der Waals surface area contributed by atoms with E-state index in [4.69, 9.17) is 11.5 Å². The zero-order valence-electron chi connectivity index (χ0n) is 9.39. The summed E-state index contributed by atoms with van der Waals surface area (Å²) in [4.78, 5) is 20.8. The van der Waals surface area contributed by atoms with Gasteiger partial charge in [0.25, 0.3) is 0 Å². The third-order valence-electron chi connectivity index (χ3n) is 2.07. The number of unbranched alkanes of at least 4 members (excludes halogenated alkanes) is 1. The molecule has 0 atom stereocenters. The normalized spacial score (nSPS) is 10.1. The molecule has 1 heterocycles. The number of aromatic nitrogens is 2. The van der Waals surface area contributed by atoms with Gasteiger partial charge in [0, 0.05) is 6.54 Å². The van der Waals surface area contributed by atoms with Gasteiger partial charge >= 0.3 is 0 Å². The first-order valence-corrected chi connectivity index (χ1v) is 5.24. The Bertz CT molecular complexity index is 338. The van der Waals surface area contributed by atoms with Crippen molar-refractivity contribution in [1.29, 1.82) is 0 Å². The molecular formula is C10H17N5O. The van der Waals surface area contributed by atoms with Gasteiger partial charge in [0.05, 0.1) is 24.6 Å². The number of carbonyl (C=O) groups excluding carboxylic acids is 1. The summed E-state index contributed by atoms with van der Waals surface area (Å²) < 4.78 is 0. The highest BCUT2D eigenvalue weighted by molar-refractivity contribution is 5.78. The molecule has 1 amide bonds. The molecule has 0 saturated heterocycles. The van der Waals surface area contributed by atoms with Gasteiger partial charge in [-0.3, -0.25) is 4.79 Å². The first-order chi connectivity index (χ1) is 7.63. The molecule has 0 bridgehead atoms. The Balaban J connectivity index is 2.74. The van der Waals surface area contributed by atoms with Crippen LogP contribution in [0.5, 0.6) is 0 Å². The summed E-state index contributed by atoms with van der Waals surface area (Å²) in [7, 11) is 0. The van der Waals surface area contributed by atoms with Crippen LogP contribution in [0.2, 0.25) is 0 Å². The zero-order valence-corrected chi connectivity index (χ0v) is 9.39. The molecule has 0 aliphatic heterocycles. The SMILES string of the molecule is CCCCN(CC(N)=O)c1ncc(N)cn1. The Labute approximate surface area is 94.7 Å². The Morgan fingerprint density at radius 2 is 2.06 bits per heavy atom. The van der Waals surface area contributed by atoms with Crippen molar-refractivity contribution >= 4 is 17.5 Å². The number of hydrogen-bond donors (Lipinski definition) is 2. The monoisotopic (exact) mass is 223 g/mol. The van der Waals surface area contributed by atoms with Crippen LogP contribution in [-0.4, -0.2) is 29.0 Å². The largest absolute Gasteiger partial charge is 0.396 e. The number of anilines is 2. The molecule has 1 aromatic heterocycles. The fourth-order valence-electron chi connectivity index (χ4n) is 1.28. The summed E-state index contributed by atoms with van der Waals surface area (Å²) in [6, 6.07) is 0. The van der Waals surface area contributed by atoms with E-state index in [2.05, 4.69) is 16.9 Å². The van der Waals surface area contributed by atoms with Gasteiger partial charge in [-0.15, -0.1) is 0 Å². The van der Waals surface area contributed by atoms with Crippen LogP contribution in [0.1, 0.15) is 19.8 Å². The lowest BCUT2D eigenvalue weighted by Gasteiger charge is -2.20. The third kappa shape index (κ3) is 3.72. The summed E-state index contributed by atoms with van der Waals surface area (Å²) in [5.41, 5.74) is 11.2. The Morgan fingerprint density at radius 1 is 1.44 bits per heavy atom. The molecule has 16 heavy (non-hydrogen) atoms. The first kappa shape index (κ1) is 12.2. The van der Waals surface area contributed by atoms with E-state index in [0.717, 1.165) is 12.8 Å². The number of nitrogens with zero attached hydrogens (tertiary/aromatic N) is 3. The van der Waals surface area contributed by atoms with Crippen LogP contribution < -0.4 is 16.4 Å². The quantitative estimate of drug-likeness (QED) is 0.715. The van der Waals surface area contributed by atoms with E-state index in [9.17, 15) is 4.79 Å². The molecule has 4 N–H and O–H groups in total. The van der Waals surface area contributed by atoms with Crippen LogP contribution in [-0.2, 0) is 4.79 Å². The van der Waals surface area contributed by atoms with Gasteiger partial charge in [0.1, 0.15) is 0 Å². The second-order valence-corrected chi connectivity index (χ2v) is 3.56. The van der Waals surface area contributed by atoms with Crippen molar-refractivity contribution in [2.24, 2.45) is 5.73 Å². The Kier molecular flexibility index (Phi) is 4.50. The summed E-state index contributed by atoms with van der Waals surface area (Å²) in [5.74, 6) is 0.0954. The number of primary amides is 1. The molecule has 0 unspecified atom stereocenters. The van der Waals surface area contributed by atoms with E-state index in [1.54, 1.807) is 4.90 Å². The second kappa shape index (κ2) is 5.89. The molecule has 0 saturated carbocycles. The van der Waals surface area contributed by atoms with Gasteiger partial charge in [-0.1, -0.05) is 13.3 Å². The molecule has 0 spiro atoms. The maximum atomic E-state index is 10.9. The molecule has 6 heteroatoms. The average molecular weight is 223 g/mol. The lowest BCUT2D eigenvalue weighted by atomic mass is 10.3. The lowest BCUT2D eigenvalue weighted by Crippen LogP contribution is -2.35. The smallest absolute Gasteiger partial charge is 0.237 e. The van der Waals surface area contributed by atoms with Gasteiger partial charge in [-0.2, -0.15) is 0 Å². The maximum Gasteiger partial charge on any atom is 0.237 e. The van der Waals surface area contributed by atoms with E-state index in [0.29, 0.717) is 18.2 Å². The topological polar surface area (TPSA) is 98.1 Å². The van der Waals surface area contributed by atoms with Gasteiger partial charge in [-0.05, 0) is 6.42 Å². The van der Waals surface area contributed by atoms with Crippen LogP contribution >= 0.6 is 0 Å². The minimum absolute atomic E-state index is 0.129. The molecule has 1 aromatic rings. The molecule has 0 aliphatic carbocycles. The minimum atomic E-state index is -0.392. The zero-order chi connectivity index (χ0) is 12.0. The van der Waals surface area contributed by atoms with Crippen molar-refractivity contribution < 1.29 is 4.79 Å². The maximum absolute atomic E-state index is 10.9. The van der Waals surface area contributed by atoms with Crippen molar-refractivity contribution in [1.82, 2.24) is 9.97 Å². The highest BCUT2D eigenvalue weighted by Crippen LogP contribution is 2.08. The third-order valence-corrected chi connectivity index (χ3v) is 2.07. The van der Waals surface area contributed by atoms with E-state index < -0.39 is 5.91 Å². The van der Waals surface area contributed by atoms with Crippen LogP contribution in [0.15, 0.2) is 12.4 Å². The number of amides is 1. The predicted molar refractivity (Wildman–Crippen MR) is 62.8 cm³/mol. The van der Waals surface area contributed by atoms with Crippen LogP contribution in [0.4, 0.5) is 11.6 Å². The van der Waals surface area contributed by atoms with Crippen molar-refractivity contribution in [3.63, 3.8) is 0 Å². The molecule has 0 fully saturated rings. The fourth-order valence-corrected chi connectivity index (χ4v) is 1.28. The van der Waals surface area contributed by atoms with Gasteiger partial charge in [0.15, 0.2) is 0 Å². The van der Waals surface area contributed by atoms with Crippen LogP contribution in [0, 0.1) is 0 Å². The molecule has 0 radical (unpaired) electrons. The number of carbonyl (C=O) groups is 1. The van der Waals surface area contributed by atoms with E-state index >= 15 is 0 Å². The molecule has 6 nitrogen and oxygen atoms in total. The van der Waals surface area contributed by atoms with Crippen LogP contribution in [0.25, 0.3) is 0 Å². The predicted octanol–water partition coefficient (Wildman–Crippen LogP) is 0.151. The molecule has 0 aliphatic rings. The van der Waals surface area contributed by atoms with Crippen molar-refractivity contribution in [2.75, 3.05) is 23.7 Å². The first-order valence-electron chi connectivity index (χ1n) is 5.24. The minimum Gasteiger partial charge on any atom is -0.396 e. The second-order valence-electron chi connectivity index (χ2n) is 3.56.